The SMILES string of the molecule is C/C(=N/Nc1nc2ccccc2s1)c1ccc2c3c(cccc13)CC2. The first kappa shape index (κ1) is 14.6. The monoisotopic (exact) mass is 343 g/mol. The van der Waals surface area contributed by atoms with Crippen LogP contribution in [0.4, 0.5) is 5.13 Å². The summed E-state index contributed by atoms with van der Waals surface area (Å²) in [6.45, 7) is 2.05. The van der Waals surface area contributed by atoms with Crippen molar-refractivity contribution in [2.75, 3.05) is 5.43 Å². The van der Waals surface area contributed by atoms with E-state index >= 15 is 0 Å². The second-order valence-electron chi connectivity index (χ2n) is 6.41. The summed E-state index contributed by atoms with van der Waals surface area (Å²) in [5, 5.41) is 8.16. The van der Waals surface area contributed by atoms with Gasteiger partial charge in [-0.05, 0) is 53.8 Å². The molecular formula is C21H17N3S. The minimum absolute atomic E-state index is 0.825. The van der Waals surface area contributed by atoms with Crippen molar-refractivity contribution in [1.29, 1.82) is 0 Å². The Morgan fingerprint density at radius 1 is 1.00 bits per heavy atom. The van der Waals surface area contributed by atoms with Gasteiger partial charge in [-0.1, -0.05) is 53.8 Å². The number of aromatic nitrogens is 1. The van der Waals surface area contributed by atoms with Crippen molar-refractivity contribution in [2.45, 2.75) is 19.8 Å². The Balaban J connectivity index is 1.53. The van der Waals surface area contributed by atoms with Crippen molar-refractivity contribution in [3.8, 4) is 0 Å². The lowest BCUT2D eigenvalue weighted by atomic mass is 9.98. The minimum Gasteiger partial charge on any atom is -0.252 e. The van der Waals surface area contributed by atoms with Gasteiger partial charge in [-0.3, -0.25) is 5.43 Å². The van der Waals surface area contributed by atoms with Gasteiger partial charge in [-0.2, -0.15) is 5.10 Å². The second kappa shape index (κ2) is 5.67. The van der Waals surface area contributed by atoms with E-state index in [4.69, 9.17) is 0 Å². The lowest BCUT2D eigenvalue weighted by Crippen LogP contribution is -2.01. The van der Waals surface area contributed by atoms with Crippen molar-refractivity contribution in [1.82, 2.24) is 4.98 Å². The zero-order valence-electron chi connectivity index (χ0n) is 13.9. The van der Waals surface area contributed by atoms with Crippen LogP contribution in [-0.4, -0.2) is 10.7 Å². The standard InChI is InChI=1S/C21H17N3S/c1-13(23-24-21-22-18-7-2-3-8-19(18)25-21)16-12-11-15-10-9-14-5-4-6-17(16)20(14)15/h2-8,11-12H,9-10H2,1H3,(H,22,24)/b23-13-. The number of anilines is 1. The number of benzene rings is 3. The molecule has 0 radical (unpaired) electrons. The molecular weight excluding hydrogens is 326 g/mol. The van der Waals surface area contributed by atoms with Crippen LogP contribution in [0.25, 0.3) is 21.0 Å². The van der Waals surface area contributed by atoms with Crippen LogP contribution < -0.4 is 5.43 Å². The predicted octanol–water partition coefficient (Wildman–Crippen LogP) is 5.38. The van der Waals surface area contributed by atoms with Crippen molar-refractivity contribution in [2.24, 2.45) is 5.10 Å². The largest absolute Gasteiger partial charge is 0.252 e. The molecule has 25 heavy (non-hydrogen) atoms. The molecule has 4 heteroatoms. The lowest BCUT2D eigenvalue weighted by molar-refractivity contribution is 1.02. The number of para-hydroxylation sites is 1. The zero-order valence-corrected chi connectivity index (χ0v) is 14.7. The fourth-order valence-corrected chi connectivity index (χ4v) is 4.48. The van der Waals surface area contributed by atoms with Crippen molar-refractivity contribution in [3.63, 3.8) is 0 Å². The second-order valence-corrected chi connectivity index (χ2v) is 7.44. The van der Waals surface area contributed by atoms with Gasteiger partial charge < -0.3 is 0 Å². The smallest absolute Gasteiger partial charge is 0.204 e. The first-order valence-corrected chi connectivity index (χ1v) is 9.31. The van der Waals surface area contributed by atoms with Crippen LogP contribution >= 0.6 is 11.3 Å². The normalized spacial score (nSPS) is 13.7. The molecule has 0 bridgehead atoms. The number of aryl methyl sites for hydroxylation is 2. The van der Waals surface area contributed by atoms with Crippen LogP contribution in [0.3, 0.4) is 0 Å². The van der Waals surface area contributed by atoms with Gasteiger partial charge in [0, 0.05) is 5.56 Å². The number of nitrogens with one attached hydrogen (secondary N) is 1. The summed E-state index contributed by atoms with van der Waals surface area (Å²) >= 11 is 1.62. The molecule has 0 fully saturated rings. The third kappa shape index (κ3) is 2.41. The van der Waals surface area contributed by atoms with Crippen molar-refractivity contribution >= 4 is 43.2 Å². The van der Waals surface area contributed by atoms with E-state index in [9.17, 15) is 0 Å². The quantitative estimate of drug-likeness (QED) is 0.400. The van der Waals surface area contributed by atoms with Gasteiger partial charge in [0.05, 0.1) is 15.9 Å². The number of hydrazone groups is 1. The summed E-state index contributed by atoms with van der Waals surface area (Å²) < 4.78 is 1.17. The van der Waals surface area contributed by atoms with E-state index in [0.29, 0.717) is 0 Å². The molecule has 0 atom stereocenters. The molecule has 1 N–H and O–H groups in total. The Bertz CT molecular complexity index is 1100. The van der Waals surface area contributed by atoms with Crippen LogP contribution in [0.15, 0.2) is 59.7 Å². The molecule has 0 amide bonds. The molecule has 1 aliphatic rings. The Hall–Kier alpha value is -2.72. The lowest BCUT2D eigenvalue weighted by Gasteiger charge is -2.08. The molecule has 4 aromatic rings. The zero-order chi connectivity index (χ0) is 16.8. The highest BCUT2D eigenvalue weighted by Gasteiger charge is 2.16. The summed E-state index contributed by atoms with van der Waals surface area (Å²) in [4.78, 5) is 4.58. The number of rotatable bonds is 3. The van der Waals surface area contributed by atoms with E-state index in [-0.39, 0.29) is 0 Å². The van der Waals surface area contributed by atoms with Crippen LogP contribution in [0.5, 0.6) is 0 Å². The Labute approximate surface area is 150 Å². The molecule has 1 aromatic heterocycles. The number of hydrogen-bond donors (Lipinski definition) is 1. The van der Waals surface area contributed by atoms with Crippen LogP contribution in [0.2, 0.25) is 0 Å². The van der Waals surface area contributed by atoms with E-state index in [1.54, 1.807) is 11.3 Å². The topological polar surface area (TPSA) is 37.3 Å². The molecule has 3 nitrogen and oxygen atoms in total. The predicted molar refractivity (Wildman–Crippen MR) is 107 cm³/mol. The van der Waals surface area contributed by atoms with E-state index in [0.717, 1.165) is 29.2 Å². The molecule has 5 rings (SSSR count). The van der Waals surface area contributed by atoms with Crippen LogP contribution in [0.1, 0.15) is 23.6 Å². The summed E-state index contributed by atoms with van der Waals surface area (Å²) in [5.41, 5.74) is 9.24. The van der Waals surface area contributed by atoms with E-state index < -0.39 is 0 Å². The highest BCUT2D eigenvalue weighted by atomic mass is 32.1. The fraction of sp³-hybridized carbons (Fsp3) is 0.143. The molecule has 3 aromatic carbocycles. The summed E-state index contributed by atoms with van der Waals surface area (Å²) in [7, 11) is 0. The third-order valence-electron chi connectivity index (χ3n) is 4.88. The van der Waals surface area contributed by atoms with Gasteiger partial charge in [-0.15, -0.1) is 0 Å². The minimum atomic E-state index is 0.825. The number of nitrogens with zero attached hydrogens (tertiary/aromatic N) is 2. The molecule has 0 saturated carbocycles. The highest BCUT2D eigenvalue weighted by molar-refractivity contribution is 7.22. The average Bonchev–Trinajstić information content (AvgIpc) is 3.25. The number of fused-ring (bicyclic) bond motifs is 1. The third-order valence-corrected chi connectivity index (χ3v) is 5.82. The van der Waals surface area contributed by atoms with E-state index in [1.807, 2.05) is 18.2 Å². The fourth-order valence-electron chi connectivity index (χ4n) is 3.67. The van der Waals surface area contributed by atoms with Gasteiger partial charge in [0.25, 0.3) is 0 Å². The number of thiazole rings is 1. The van der Waals surface area contributed by atoms with Crippen LogP contribution in [-0.2, 0) is 12.8 Å². The Kier molecular flexibility index (Phi) is 3.31. The highest BCUT2D eigenvalue weighted by Crippen LogP contribution is 2.33. The van der Waals surface area contributed by atoms with Gasteiger partial charge in [0.2, 0.25) is 5.13 Å². The van der Waals surface area contributed by atoms with Gasteiger partial charge in [-0.25, -0.2) is 4.98 Å². The Morgan fingerprint density at radius 2 is 1.84 bits per heavy atom. The first-order chi connectivity index (χ1) is 12.3. The molecule has 0 aliphatic heterocycles. The van der Waals surface area contributed by atoms with E-state index in [2.05, 4.69) is 58.8 Å². The summed E-state index contributed by atoms with van der Waals surface area (Å²) in [5.74, 6) is 0. The van der Waals surface area contributed by atoms with Gasteiger partial charge in [0.1, 0.15) is 0 Å². The summed E-state index contributed by atoms with van der Waals surface area (Å²) in [6, 6.07) is 19.2. The Morgan fingerprint density at radius 3 is 2.72 bits per heavy atom. The maximum Gasteiger partial charge on any atom is 0.204 e. The number of hydrogen-bond acceptors (Lipinski definition) is 4. The van der Waals surface area contributed by atoms with E-state index in [1.165, 1.54) is 32.2 Å². The summed E-state index contributed by atoms with van der Waals surface area (Å²) in [6.07, 6.45) is 2.30. The molecule has 1 aliphatic carbocycles. The average molecular weight is 343 g/mol. The van der Waals surface area contributed by atoms with Crippen molar-refractivity contribution < 1.29 is 0 Å². The maximum absolute atomic E-state index is 4.60. The molecule has 0 unspecified atom stereocenters. The van der Waals surface area contributed by atoms with Gasteiger partial charge in [0.15, 0.2) is 0 Å². The first-order valence-electron chi connectivity index (χ1n) is 8.49. The molecule has 0 spiro atoms. The van der Waals surface area contributed by atoms with Gasteiger partial charge >= 0.3 is 0 Å². The van der Waals surface area contributed by atoms with Crippen molar-refractivity contribution in [3.05, 3.63) is 71.3 Å². The maximum atomic E-state index is 4.60. The van der Waals surface area contributed by atoms with Crippen LogP contribution in [0, 0.1) is 0 Å². The molecule has 1 heterocycles. The molecule has 122 valence electrons. The molecule has 0 saturated heterocycles.